The highest BCUT2D eigenvalue weighted by molar-refractivity contribution is 6.30. The standard InChI is InChI=1S/C17H14ClFN2O3/c1-2-23-16-7-11(9-20)3-6-15(16)24-10-17(22)21-14-5-4-12(18)8-13(14)19/h3-8H,2,10H2,1H3,(H,21,22). The quantitative estimate of drug-likeness (QED) is 0.862. The number of amides is 1. The number of ether oxygens (including phenoxy) is 2. The molecule has 0 atom stereocenters. The van der Waals surface area contributed by atoms with E-state index in [1.165, 1.54) is 18.2 Å². The van der Waals surface area contributed by atoms with Crippen molar-refractivity contribution in [1.29, 1.82) is 5.26 Å². The Balaban J connectivity index is 2.02. The molecule has 2 aromatic rings. The lowest BCUT2D eigenvalue weighted by Crippen LogP contribution is -2.21. The Bertz CT molecular complexity index is 790. The lowest BCUT2D eigenvalue weighted by Gasteiger charge is -2.12. The number of hydrogen-bond acceptors (Lipinski definition) is 4. The van der Waals surface area contributed by atoms with Crippen LogP contribution in [-0.2, 0) is 4.79 Å². The molecule has 0 saturated carbocycles. The number of hydrogen-bond donors (Lipinski definition) is 1. The van der Waals surface area contributed by atoms with Crippen molar-refractivity contribution in [2.75, 3.05) is 18.5 Å². The lowest BCUT2D eigenvalue weighted by atomic mass is 10.2. The molecule has 124 valence electrons. The summed E-state index contributed by atoms with van der Waals surface area (Å²) < 4.78 is 24.4. The molecule has 1 amide bonds. The van der Waals surface area contributed by atoms with Crippen LogP contribution in [-0.4, -0.2) is 19.1 Å². The normalized spacial score (nSPS) is 9.92. The topological polar surface area (TPSA) is 71.3 Å². The first-order valence-electron chi connectivity index (χ1n) is 7.08. The van der Waals surface area contributed by atoms with Crippen LogP contribution >= 0.6 is 11.6 Å². The van der Waals surface area contributed by atoms with E-state index in [1.807, 2.05) is 6.07 Å². The summed E-state index contributed by atoms with van der Waals surface area (Å²) in [5.41, 5.74) is 0.427. The highest BCUT2D eigenvalue weighted by Crippen LogP contribution is 2.28. The number of benzene rings is 2. The number of nitriles is 1. The van der Waals surface area contributed by atoms with Crippen molar-refractivity contribution in [2.45, 2.75) is 6.92 Å². The van der Waals surface area contributed by atoms with Gasteiger partial charge in [-0.3, -0.25) is 4.79 Å². The molecule has 0 heterocycles. The molecule has 0 saturated heterocycles. The summed E-state index contributed by atoms with van der Waals surface area (Å²) in [6, 6.07) is 10.5. The van der Waals surface area contributed by atoms with Crippen LogP contribution in [0.15, 0.2) is 36.4 Å². The van der Waals surface area contributed by atoms with Gasteiger partial charge in [-0.15, -0.1) is 0 Å². The number of anilines is 1. The van der Waals surface area contributed by atoms with E-state index in [0.29, 0.717) is 23.7 Å². The Morgan fingerprint density at radius 2 is 2.04 bits per heavy atom. The average molecular weight is 349 g/mol. The first-order valence-corrected chi connectivity index (χ1v) is 7.46. The Labute approximate surface area is 143 Å². The van der Waals surface area contributed by atoms with Crippen LogP contribution in [0.5, 0.6) is 11.5 Å². The third-order valence-electron chi connectivity index (χ3n) is 2.94. The molecule has 0 bridgehead atoms. The van der Waals surface area contributed by atoms with Crippen molar-refractivity contribution in [1.82, 2.24) is 0 Å². The van der Waals surface area contributed by atoms with Gasteiger partial charge in [0.25, 0.3) is 5.91 Å². The second-order valence-corrected chi connectivity index (χ2v) is 5.10. The fourth-order valence-electron chi connectivity index (χ4n) is 1.89. The highest BCUT2D eigenvalue weighted by atomic mass is 35.5. The molecule has 0 aliphatic heterocycles. The van der Waals surface area contributed by atoms with Crippen LogP contribution < -0.4 is 14.8 Å². The number of nitrogens with one attached hydrogen (secondary N) is 1. The van der Waals surface area contributed by atoms with Gasteiger partial charge in [-0.1, -0.05) is 11.6 Å². The molecule has 24 heavy (non-hydrogen) atoms. The lowest BCUT2D eigenvalue weighted by molar-refractivity contribution is -0.118. The molecular weight excluding hydrogens is 335 g/mol. The first kappa shape index (κ1) is 17.6. The predicted octanol–water partition coefficient (Wildman–Crippen LogP) is 3.77. The van der Waals surface area contributed by atoms with Gasteiger partial charge < -0.3 is 14.8 Å². The van der Waals surface area contributed by atoms with Crippen LogP contribution in [0.25, 0.3) is 0 Å². The Hall–Kier alpha value is -2.78. The van der Waals surface area contributed by atoms with E-state index >= 15 is 0 Å². The van der Waals surface area contributed by atoms with E-state index in [9.17, 15) is 9.18 Å². The Morgan fingerprint density at radius 3 is 2.71 bits per heavy atom. The van der Waals surface area contributed by atoms with Gasteiger partial charge in [0.05, 0.1) is 23.9 Å². The zero-order chi connectivity index (χ0) is 17.5. The average Bonchev–Trinajstić information content (AvgIpc) is 2.56. The molecule has 1 N–H and O–H groups in total. The molecule has 0 spiro atoms. The van der Waals surface area contributed by atoms with Crippen LogP contribution in [0.1, 0.15) is 12.5 Å². The maximum Gasteiger partial charge on any atom is 0.262 e. The molecule has 7 heteroatoms. The molecule has 5 nitrogen and oxygen atoms in total. The third-order valence-corrected chi connectivity index (χ3v) is 3.17. The van der Waals surface area contributed by atoms with Crippen molar-refractivity contribution < 1.29 is 18.7 Å². The van der Waals surface area contributed by atoms with E-state index in [-0.39, 0.29) is 17.3 Å². The van der Waals surface area contributed by atoms with Crippen LogP contribution in [0.2, 0.25) is 5.02 Å². The summed E-state index contributed by atoms with van der Waals surface area (Å²) in [4.78, 5) is 11.9. The minimum absolute atomic E-state index is 0.0119. The van der Waals surface area contributed by atoms with Crippen molar-refractivity contribution in [3.63, 3.8) is 0 Å². The third kappa shape index (κ3) is 4.61. The van der Waals surface area contributed by atoms with Gasteiger partial charge in [-0.05, 0) is 37.3 Å². The summed E-state index contributed by atoms with van der Waals surface area (Å²) in [5.74, 6) is -0.489. The van der Waals surface area contributed by atoms with Gasteiger partial charge >= 0.3 is 0 Å². The molecule has 0 radical (unpaired) electrons. The summed E-state index contributed by atoms with van der Waals surface area (Å²) in [6.07, 6.45) is 0. The molecule has 2 aromatic carbocycles. The minimum atomic E-state index is -0.635. The van der Waals surface area contributed by atoms with Gasteiger partial charge in [-0.25, -0.2) is 4.39 Å². The van der Waals surface area contributed by atoms with Gasteiger partial charge in [0.1, 0.15) is 5.82 Å². The number of carbonyl (C=O) groups is 1. The van der Waals surface area contributed by atoms with E-state index < -0.39 is 11.7 Å². The minimum Gasteiger partial charge on any atom is -0.490 e. The predicted molar refractivity (Wildman–Crippen MR) is 87.9 cm³/mol. The van der Waals surface area contributed by atoms with Gasteiger partial charge in [0.2, 0.25) is 0 Å². The van der Waals surface area contributed by atoms with Crippen molar-refractivity contribution in [2.24, 2.45) is 0 Å². The van der Waals surface area contributed by atoms with Crippen LogP contribution in [0.4, 0.5) is 10.1 Å². The van der Waals surface area contributed by atoms with Crippen LogP contribution in [0.3, 0.4) is 0 Å². The Kier molecular flexibility index (Phi) is 5.99. The SMILES string of the molecule is CCOc1cc(C#N)ccc1OCC(=O)Nc1ccc(Cl)cc1F. The molecule has 0 unspecified atom stereocenters. The highest BCUT2D eigenvalue weighted by Gasteiger charge is 2.11. The molecule has 2 rings (SSSR count). The van der Waals surface area contributed by atoms with E-state index in [0.717, 1.165) is 6.07 Å². The van der Waals surface area contributed by atoms with Crippen molar-refractivity contribution in [3.05, 3.63) is 52.8 Å². The van der Waals surface area contributed by atoms with E-state index in [2.05, 4.69) is 5.32 Å². The number of carbonyl (C=O) groups excluding carboxylic acids is 1. The first-order chi connectivity index (χ1) is 11.5. The van der Waals surface area contributed by atoms with Gasteiger partial charge in [-0.2, -0.15) is 5.26 Å². The molecule has 0 aliphatic rings. The molecule has 0 aromatic heterocycles. The zero-order valence-electron chi connectivity index (χ0n) is 12.8. The maximum absolute atomic E-state index is 13.6. The number of nitrogens with zero attached hydrogens (tertiary/aromatic N) is 1. The summed E-state index contributed by atoms with van der Waals surface area (Å²) in [7, 11) is 0. The van der Waals surface area contributed by atoms with E-state index in [1.54, 1.807) is 19.1 Å². The largest absolute Gasteiger partial charge is 0.490 e. The maximum atomic E-state index is 13.6. The zero-order valence-corrected chi connectivity index (χ0v) is 13.6. The molecule has 0 aliphatic carbocycles. The number of rotatable bonds is 6. The molecular formula is C17H14ClFN2O3. The fourth-order valence-corrected chi connectivity index (χ4v) is 2.04. The van der Waals surface area contributed by atoms with E-state index in [4.69, 9.17) is 26.3 Å². The van der Waals surface area contributed by atoms with Crippen molar-refractivity contribution >= 4 is 23.2 Å². The fraction of sp³-hybridized carbons (Fsp3) is 0.176. The Morgan fingerprint density at radius 1 is 1.25 bits per heavy atom. The smallest absolute Gasteiger partial charge is 0.262 e. The summed E-state index contributed by atoms with van der Waals surface area (Å²) in [5, 5.41) is 11.5. The summed E-state index contributed by atoms with van der Waals surface area (Å²) >= 11 is 5.65. The monoisotopic (exact) mass is 348 g/mol. The van der Waals surface area contributed by atoms with Gasteiger partial charge in [0.15, 0.2) is 18.1 Å². The molecule has 0 fully saturated rings. The summed E-state index contributed by atoms with van der Waals surface area (Å²) in [6.45, 7) is 1.83. The second-order valence-electron chi connectivity index (χ2n) is 4.67. The van der Waals surface area contributed by atoms with Crippen LogP contribution in [0, 0.1) is 17.1 Å². The number of halogens is 2. The van der Waals surface area contributed by atoms with Crippen molar-refractivity contribution in [3.8, 4) is 17.6 Å². The van der Waals surface area contributed by atoms with Gasteiger partial charge in [0, 0.05) is 11.1 Å². The second kappa shape index (κ2) is 8.18.